The molecule has 7 heteroatoms. The summed E-state index contributed by atoms with van der Waals surface area (Å²) in [4.78, 5) is 0. The maximum atomic E-state index is 10.3. The van der Waals surface area contributed by atoms with E-state index in [0.29, 0.717) is 0 Å². The van der Waals surface area contributed by atoms with Gasteiger partial charge in [-0.05, 0) is 0 Å². The van der Waals surface area contributed by atoms with Crippen molar-refractivity contribution in [1.82, 2.24) is 0 Å². The van der Waals surface area contributed by atoms with Gasteiger partial charge in [0, 0.05) is 0 Å². The Bertz CT molecular complexity index is 321. The SMILES string of the molecule is CCC[CH2][Sn]1([CH2]CCC)[O][C@H]2[C@H](O)[C@@H](CO)O[C@@H](O)[C@H]2[O]1. The van der Waals surface area contributed by atoms with Crippen LogP contribution in [0.2, 0.25) is 8.87 Å². The third-order valence-corrected chi connectivity index (χ3v) is 14.7. The summed E-state index contributed by atoms with van der Waals surface area (Å²) < 4.78 is 19.6. The molecule has 0 bridgehead atoms. The second-order valence-corrected chi connectivity index (χ2v) is 15.4. The summed E-state index contributed by atoms with van der Waals surface area (Å²) in [5.41, 5.74) is 0. The number of hydrogen-bond acceptors (Lipinski definition) is 6. The van der Waals surface area contributed by atoms with E-state index in [4.69, 9.17) is 10.9 Å². The fourth-order valence-corrected chi connectivity index (χ4v) is 14.7. The molecular formula is C14H28O6Sn. The fourth-order valence-electron chi connectivity index (χ4n) is 3.09. The average molecular weight is 411 g/mol. The Hall–Kier alpha value is 0.559. The van der Waals surface area contributed by atoms with Crippen LogP contribution < -0.4 is 0 Å². The van der Waals surface area contributed by atoms with Crippen molar-refractivity contribution in [3.63, 3.8) is 0 Å². The molecule has 3 N–H and O–H groups in total. The Balaban J connectivity index is 2.12. The predicted octanol–water partition coefficient (Wildman–Crippen LogP) is 0.883. The van der Waals surface area contributed by atoms with E-state index in [2.05, 4.69) is 13.8 Å². The molecule has 5 atom stereocenters. The molecule has 21 heavy (non-hydrogen) atoms. The van der Waals surface area contributed by atoms with Gasteiger partial charge in [0.05, 0.1) is 0 Å². The van der Waals surface area contributed by atoms with Crippen molar-refractivity contribution >= 4 is 19.2 Å². The Morgan fingerprint density at radius 2 is 1.52 bits per heavy atom. The molecule has 0 aliphatic carbocycles. The van der Waals surface area contributed by atoms with Gasteiger partial charge in [-0.1, -0.05) is 0 Å². The number of aliphatic hydroxyl groups is 3. The van der Waals surface area contributed by atoms with E-state index in [9.17, 15) is 15.3 Å². The standard InChI is InChI=1S/C6H10O6.2C4H9.Sn/c7-1-2-3(8)4(9)5(10)6(11)12-2;2*1-3-4-2;/h2-8,11H,1H2;2*1,3-4H2,2H3;/q-2;;;+2/t2-,3-,4+,5+,6-;;;/m1.../s1. The molecule has 0 amide bonds. The van der Waals surface area contributed by atoms with Gasteiger partial charge in [-0.2, -0.15) is 0 Å². The molecule has 0 unspecified atom stereocenters. The van der Waals surface area contributed by atoms with Crippen LogP contribution in [0.25, 0.3) is 0 Å². The Morgan fingerprint density at radius 1 is 0.952 bits per heavy atom. The zero-order valence-electron chi connectivity index (χ0n) is 12.9. The molecular weight excluding hydrogens is 383 g/mol. The average Bonchev–Trinajstić information content (AvgIpc) is 2.88. The second-order valence-electron chi connectivity index (χ2n) is 6.02. The van der Waals surface area contributed by atoms with Gasteiger partial charge in [0.2, 0.25) is 0 Å². The molecule has 6 nitrogen and oxygen atoms in total. The first kappa shape index (κ1) is 17.9. The van der Waals surface area contributed by atoms with Gasteiger partial charge in [0.25, 0.3) is 0 Å². The summed E-state index contributed by atoms with van der Waals surface area (Å²) in [5, 5.41) is 29.6. The third-order valence-electron chi connectivity index (χ3n) is 4.34. The molecule has 2 aliphatic rings. The first-order chi connectivity index (χ1) is 10.1. The molecule has 0 aromatic carbocycles. The summed E-state index contributed by atoms with van der Waals surface area (Å²) in [6.07, 6.45) is 0.224. The Kier molecular flexibility index (Phi) is 6.73. The molecule has 0 aromatic heterocycles. The first-order valence-corrected chi connectivity index (χ1v) is 14.4. The van der Waals surface area contributed by atoms with Crippen LogP contribution in [-0.4, -0.2) is 71.8 Å². The monoisotopic (exact) mass is 412 g/mol. The Morgan fingerprint density at radius 3 is 2.05 bits per heavy atom. The topological polar surface area (TPSA) is 88.4 Å². The molecule has 2 saturated heterocycles. The van der Waals surface area contributed by atoms with Crippen LogP contribution in [0.5, 0.6) is 0 Å². The number of fused-ring (bicyclic) bond motifs is 1. The van der Waals surface area contributed by atoms with Crippen molar-refractivity contribution in [3.05, 3.63) is 0 Å². The van der Waals surface area contributed by atoms with Gasteiger partial charge in [0.15, 0.2) is 0 Å². The molecule has 0 spiro atoms. The van der Waals surface area contributed by atoms with Crippen LogP contribution in [0.4, 0.5) is 0 Å². The van der Waals surface area contributed by atoms with Crippen molar-refractivity contribution in [1.29, 1.82) is 0 Å². The number of unbranched alkanes of at least 4 members (excludes halogenated alkanes) is 2. The molecule has 0 aromatic rings. The zero-order valence-corrected chi connectivity index (χ0v) is 15.8. The van der Waals surface area contributed by atoms with E-state index < -0.39 is 49.9 Å². The number of hydrogen-bond donors (Lipinski definition) is 3. The molecule has 0 saturated carbocycles. The molecule has 0 radical (unpaired) electrons. The first-order valence-electron chi connectivity index (χ1n) is 8.05. The van der Waals surface area contributed by atoms with Crippen LogP contribution in [-0.2, 0) is 10.9 Å². The fraction of sp³-hybridized carbons (Fsp3) is 1.00. The number of rotatable bonds is 7. The van der Waals surface area contributed by atoms with Gasteiger partial charge in [0.1, 0.15) is 0 Å². The van der Waals surface area contributed by atoms with Crippen LogP contribution in [0, 0.1) is 0 Å². The number of aliphatic hydroxyl groups excluding tert-OH is 3. The van der Waals surface area contributed by atoms with Crippen molar-refractivity contribution < 1.29 is 26.2 Å². The van der Waals surface area contributed by atoms with E-state index in [1.54, 1.807) is 0 Å². The second kappa shape index (κ2) is 7.90. The van der Waals surface area contributed by atoms with Crippen LogP contribution in [0.1, 0.15) is 39.5 Å². The molecule has 124 valence electrons. The van der Waals surface area contributed by atoms with Gasteiger partial charge in [-0.25, -0.2) is 0 Å². The zero-order chi connectivity index (χ0) is 15.5. The van der Waals surface area contributed by atoms with E-state index in [1.807, 2.05) is 0 Å². The maximum absolute atomic E-state index is 10.3. The molecule has 2 aliphatic heterocycles. The van der Waals surface area contributed by atoms with E-state index in [0.717, 1.165) is 34.6 Å². The van der Waals surface area contributed by atoms with Crippen molar-refractivity contribution in [3.8, 4) is 0 Å². The van der Waals surface area contributed by atoms with E-state index >= 15 is 0 Å². The van der Waals surface area contributed by atoms with Crippen molar-refractivity contribution in [2.24, 2.45) is 0 Å². The molecule has 2 heterocycles. The Labute approximate surface area is 131 Å². The van der Waals surface area contributed by atoms with Gasteiger partial charge < -0.3 is 0 Å². The van der Waals surface area contributed by atoms with E-state index in [1.165, 1.54) is 0 Å². The quantitative estimate of drug-likeness (QED) is 0.540. The summed E-state index contributed by atoms with van der Waals surface area (Å²) in [6.45, 7) is 3.93. The van der Waals surface area contributed by atoms with Crippen LogP contribution in [0.15, 0.2) is 0 Å². The minimum atomic E-state index is -3.26. The summed E-state index contributed by atoms with van der Waals surface area (Å²) in [5.74, 6) is 0. The van der Waals surface area contributed by atoms with Crippen LogP contribution in [0.3, 0.4) is 0 Å². The number of ether oxygens (including phenoxy) is 1. The van der Waals surface area contributed by atoms with Crippen molar-refractivity contribution in [2.45, 2.75) is 79.1 Å². The summed E-state index contributed by atoms with van der Waals surface area (Å²) in [7, 11) is 0. The predicted molar refractivity (Wildman–Crippen MR) is 78.9 cm³/mol. The minimum absolute atomic E-state index is 0.336. The van der Waals surface area contributed by atoms with Gasteiger partial charge >= 0.3 is 131 Å². The van der Waals surface area contributed by atoms with E-state index in [-0.39, 0.29) is 6.61 Å². The third kappa shape index (κ3) is 3.91. The molecule has 2 rings (SSSR count). The molecule has 2 fully saturated rings. The summed E-state index contributed by atoms with van der Waals surface area (Å²) >= 11 is -3.26. The van der Waals surface area contributed by atoms with Gasteiger partial charge in [-0.3, -0.25) is 0 Å². The summed E-state index contributed by atoms with van der Waals surface area (Å²) in [6, 6.07) is 0. The van der Waals surface area contributed by atoms with Crippen molar-refractivity contribution in [2.75, 3.05) is 6.61 Å². The van der Waals surface area contributed by atoms with Gasteiger partial charge in [-0.15, -0.1) is 0 Å². The normalized spacial score (nSPS) is 38.4. The van der Waals surface area contributed by atoms with Crippen LogP contribution >= 0.6 is 0 Å².